The quantitative estimate of drug-likeness (QED) is 0.435. The zero-order valence-electron chi connectivity index (χ0n) is 12.6. The Balaban J connectivity index is 2.44. The number of ether oxygens (including phenoxy) is 2. The summed E-state index contributed by atoms with van der Waals surface area (Å²) in [6.07, 6.45) is 1.49. The second-order valence-electron chi connectivity index (χ2n) is 4.48. The van der Waals surface area contributed by atoms with Gasteiger partial charge in [0, 0.05) is 10.9 Å². The first-order valence-electron chi connectivity index (χ1n) is 6.79. The summed E-state index contributed by atoms with van der Waals surface area (Å²) in [5, 5.41) is 13.1. The average molecular weight is 348 g/mol. The summed E-state index contributed by atoms with van der Waals surface area (Å²) in [7, 11) is 1.50. The molecule has 0 bridgehead atoms. The van der Waals surface area contributed by atoms with E-state index in [0.29, 0.717) is 34.3 Å². The summed E-state index contributed by atoms with van der Waals surface area (Å²) in [6.45, 7) is 2.29. The lowest BCUT2D eigenvalue weighted by Gasteiger charge is -2.12. The number of hydrogen-bond donors (Lipinski definition) is 0. The molecule has 0 fully saturated rings. The topological polar surface area (TPSA) is 59.3 Å². The fourth-order valence-electron chi connectivity index (χ4n) is 2.00. The third-order valence-corrected chi connectivity index (χ3v) is 3.96. The van der Waals surface area contributed by atoms with Crippen molar-refractivity contribution in [3.8, 4) is 17.6 Å². The Labute approximate surface area is 143 Å². The molecule has 0 spiro atoms. The van der Waals surface area contributed by atoms with E-state index in [1.165, 1.54) is 24.5 Å². The number of benzene rings is 1. The van der Waals surface area contributed by atoms with Gasteiger partial charge in [-0.05, 0) is 42.1 Å². The molecule has 0 saturated heterocycles. The van der Waals surface area contributed by atoms with Crippen molar-refractivity contribution >= 4 is 34.8 Å². The van der Waals surface area contributed by atoms with Crippen LogP contribution in [0.4, 0.5) is 0 Å². The molecule has 1 aromatic heterocycles. The van der Waals surface area contributed by atoms with Gasteiger partial charge < -0.3 is 9.47 Å². The van der Waals surface area contributed by atoms with Crippen molar-refractivity contribution in [3.63, 3.8) is 0 Å². The van der Waals surface area contributed by atoms with Crippen LogP contribution in [0.2, 0.25) is 5.02 Å². The first kappa shape index (κ1) is 17.1. The lowest BCUT2D eigenvalue weighted by atomic mass is 10.0. The number of rotatable bonds is 6. The molecular weight excluding hydrogens is 334 g/mol. The zero-order chi connectivity index (χ0) is 16.8. The van der Waals surface area contributed by atoms with Crippen molar-refractivity contribution < 1.29 is 14.3 Å². The first-order chi connectivity index (χ1) is 11.1. The van der Waals surface area contributed by atoms with Gasteiger partial charge in [-0.3, -0.25) is 4.79 Å². The van der Waals surface area contributed by atoms with Gasteiger partial charge in [-0.25, -0.2) is 0 Å². The highest BCUT2D eigenvalue weighted by Crippen LogP contribution is 2.37. The van der Waals surface area contributed by atoms with Gasteiger partial charge in [0.25, 0.3) is 0 Å². The molecule has 2 aromatic rings. The lowest BCUT2D eigenvalue weighted by molar-refractivity contribution is 0.104. The number of nitrogens with zero attached hydrogens (tertiary/aromatic N) is 1. The molecule has 0 aliphatic rings. The maximum Gasteiger partial charge on any atom is 0.204 e. The normalized spacial score (nSPS) is 11.0. The van der Waals surface area contributed by atoms with Gasteiger partial charge in [0.15, 0.2) is 11.5 Å². The third kappa shape index (κ3) is 3.92. The number of halogens is 1. The molecule has 0 N–H and O–H groups in total. The molecule has 0 saturated carbocycles. The maximum absolute atomic E-state index is 12.3. The Kier molecular flexibility index (Phi) is 5.80. The van der Waals surface area contributed by atoms with E-state index < -0.39 is 0 Å². The number of carbonyl (C=O) groups excluding carboxylic acids is 1. The molecule has 0 radical (unpaired) electrons. The van der Waals surface area contributed by atoms with E-state index in [2.05, 4.69) is 0 Å². The van der Waals surface area contributed by atoms with Crippen molar-refractivity contribution in [2.45, 2.75) is 6.92 Å². The van der Waals surface area contributed by atoms with Gasteiger partial charge >= 0.3 is 0 Å². The van der Waals surface area contributed by atoms with E-state index in [-0.39, 0.29) is 11.4 Å². The number of hydrogen-bond acceptors (Lipinski definition) is 5. The Hall–Kier alpha value is -2.29. The minimum atomic E-state index is -0.321. The standard InChI is InChI=1S/C17H14ClNO3S/c1-3-22-15-8-11(7-14(18)17(15)21-2)6-13(9-19)16(20)12-4-5-23-10-12/h4-8,10H,3H2,1-2H3/b13-6+. The second kappa shape index (κ2) is 7.82. The molecule has 0 amide bonds. The van der Waals surface area contributed by atoms with Crippen LogP contribution >= 0.6 is 22.9 Å². The number of methoxy groups -OCH3 is 1. The lowest BCUT2D eigenvalue weighted by Crippen LogP contribution is -2.00. The van der Waals surface area contributed by atoms with E-state index in [9.17, 15) is 10.1 Å². The van der Waals surface area contributed by atoms with Gasteiger partial charge in [-0.1, -0.05) is 11.6 Å². The summed E-state index contributed by atoms with van der Waals surface area (Å²) in [6, 6.07) is 6.94. The summed E-state index contributed by atoms with van der Waals surface area (Å²) in [5.41, 5.74) is 1.12. The summed E-state index contributed by atoms with van der Waals surface area (Å²) >= 11 is 7.58. The number of Topliss-reactive ketones (excluding diaryl/α,β-unsaturated/α-hetero) is 1. The third-order valence-electron chi connectivity index (χ3n) is 3.00. The molecular formula is C17H14ClNO3S. The summed E-state index contributed by atoms with van der Waals surface area (Å²) in [4.78, 5) is 12.3. The van der Waals surface area contributed by atoms with Crippen LogP contribution in [0.1, 0.15) is 22.8 Å². The number of nitriles is 1. The molecule has 118 valence electrons. The van der Waals surface area contributed by atoms with Crippen molar-refractivity contribution in [2.75, 3.05) is 13.7 Å². The average Bonchev–Trinajstić information content (AvgIpc) is 3.06. The summed E-state index contributed by atoms with van der Waals surface area (Å²) in [5.74, 6) is 0.570. The maximum atomic E-state index is 12.3. The van der Waals surface area contributed by atoms with Crippen molar-refractivity contribution in [3.05, 3.63) is 50.7 Å². The fraction of sp³-hybridized carbons (Fsp3) is 0.176. The Morgan fingerprint density at radius 1 is 1.48 bits per heavy atom. The Morgan fingerprint density at radius 3 is 2.83 bits per heavy atom. The monoisotopic (exact) mass is 347 g/mol. The van der Waals surface area contributed by atoms with Crippen LogP contribution in [-0.2, 0) is 0 Å². The van der Waals surface area contributed by atoms with Gasteiger partial charge in [-0.15, -0.1) is 0 Å². The predicted octanol–water partition coefficient (Wildman–Crippen LogP) is 4.60. The van der Waals surface area contributed by atoms with Crippen molar-refractivity contribution in [2.24, 2.45) is 0 Å². The minimum absolute atomic E-state index is 0.0343. The fourth-order valence-corrected chi connectivity index (χ4v) is 2.93. The zero-order valence-corrected chi connectivity index (χ0v) is 14.2. The van der Waals surface area contributed by atoms with E-state index in [1.54, 1.807) is 29.0 Å². The highest BCUT2D eigenvalue weighted by molar-refractivity contribution is 7.08. The molecule has 0 unspecified atom stereocenters. The van der Waals surface area contributed by atoms with Crippen LogP contribution in [0.5, 0.6) is 11.5 Å². The van der Waals surface area contributed by atoms with Crippen LogP contribution in [-0.4, -0.2) is 19.5 Å². The number of thiophene rings is 1. The van der Waals surface area contributed by atoms with Crippen LogP contribution in [0.15, 0.2) is 34.5 Å². The molecule has 1 aromatic carbocycles. The predicted molar refractivity (Wildman–Crippen MR) is 91.4 cm³/mol. The Bertz CT molecular complexity index is 776. The van der Waals surface area contributed by atoms with Crippen LogP contribution in [0.25, 0.3) is 6.08 Å². The Morgan fingerprint density at radius 2 is 2.26 bits per heavy atom. The van der Waals surface area contributed by atoms with Crippen LogP contribution in [0.3, 0.4) is 0 Å². The highest BCUT2D eigenvalue weighted by Gasteiger charge is 2.15. The number of carbonyl (C=O) groups is 1. The first-order valence-corrected chi connectivity index (χ1v) is 8.11. The number of allylic oxidation sites excluding steroid dienone is 1. The van der Waals surface area contributed by atoms with Crippen molar-refractivity contribution in [1.29, 1.82) is 5.26 Å². The van der Waals surface area contributed by atoms with E-state index >= 15 is 0 Å². The second-order valence-corrected chi connectivity index (χ2v) is 5.67. The largest absolute Gasteiger partial charge is 0.491 e. The van der Waals surface area contributed by atoms with Crippen molar-refractivity contribution in [1.82, 2.24) is 0 Å². The minimum Gasteiger partial charge on any atom is -0.491 e. The van der Waals surface area contributed by atoms with Gasteiger partial charge in [0.1, 0.15) is 11.6 Å². The highest BCUT2D eigenvalue weighted by atomic mass is 35.5. The van der Waals surface area contributed by atoms with Crippen LogP contribution in [0, 0.1) is 11.3 Å². The van der Waals surface area contributed by atoms with E-state index in [4.69, 9.17) is 21.1 Å². The summed E-state index contributed by atoms with van der Waals surface area (Å²) < 4.78 is 10.7. The molecule has 6 heteroatoms. The SMILES string of the molecule is CCOc1cc(/C=C(\C#N)C(=O)c2ccsc2)cc(Cl)c1OC. The van der Waals surface area contributed by atoms with Gasteiger partial charge in [0.2, 0.25) is 5.78 Å². The smallest absolute Gasteiger partial charge is 0.204 e. The molecule has 0 aliphatic heterocycles. The van der Waals surface area contributed by atoms with E-state index in [0.717, 1.165) is 0 Å². The molecule has 23 heavy (non-hydrogen) atoms. The molecule has 2 rings (SSSR count). The van der Waals surface area contributed by atoms with Crippen LogP contribution < -0.4 is 9.47 Å². The molecule has 0 aliphatic carbocycles. The van der Waals surface area contributed by atoms with Gasteiger partial charge in [-0.2, -0.15) is 16.6 Å². The van der Waals surface area contributed by atoms with E-state index in [1.807, 2.05) is 13.0 Å². The molecule has 1 heterocycles. The molecule has 0 atom stereocenters. The number of ketones is 1. The molecule has 4 nitrogen and oxygen atoms in total. The van der Waals surface area contributed by atoms with Gasteiger partial charge in [0.05, 0.1) is 18.7 Å².